The molecule has 0 spiro atoms. The largest absolute Gasteiger partial charge is 0.369 e. The van der Waals surface area contributed by atoms with E-state index in [2.05, 4.69) is 29.1 Å². The van der Waals surface area contributed by atoms with Crippen molar-refractivity contribution in [2.24, 2.45) is 11.7 Å². The molecule has 0 atom stereocenters. The van der Waals surface area contributed by atoms with E-state index in [0.29, 0.717) is 12.5 Å². The zero-order valence-electron chi connectivity index (χ0n) is 9.53. The first kappa shape index (κ1) is 11.9. The van der Waals surface area contributed by atoms with Crippen LogP contribution in [0.3, 0.4) is 0 Å². The maximum absolute atomic E-state index is 5.50. The van der Waals surface area contributed by atoms with Gasteiger partial charge in [-0.1, -0.05) is 26.7 Å². The summed E-state index contributed by atoms with van der Waals surface area (Å²) >= 11 is 0. The monoisotopic (exact) mass is 208 g/mol. The molecule has 0 aliphatic rings. The van der Waals surface area contributed by atoms with Crippen LogP contribution in [0.4, 0.5) is 5.82 Å². The number of hydrogen-bond donors (Lipinski definition) is 2. The summed E-state index contributed by atoms with van der Waals surface area (Å²) in [6, 6.07) is 0. The highest BCUT2D eigenvalue weighted by Gasteiger charge is 2.03. The minimum absolute atomic E-state index is 0.438. The van der Waals surface area contributed by atoms with E-state index >= 15 is 0 Å². The molecule has 0 bridgehead atoms. The van der Waals surface area contributed by atoms with Gasteiger partial charge < -0.3 is 11.1 Å². The van der Waals surface area contributed by atoms with Gasteiger partial charge in [-0.25, -0.2) is 4.98 Å². The van der Waals surface area contributed by atoms with E-state index in [4.69, 9.17) is 5.73 Å². The minimum Gasteiger partial charge on any atom is -0.369 e. The van der Waals surface area contributed by atoms with Crippen molar-refractivity contribution in [2.75, 3.05) is 11.9 Å². The average molecular weight is 208 g/mol. The summed E-state index contributed by atoms with van der Waals surface area (Å²) in [5.41, 5.74) is 6.32. The first-order valence-electron chi connectivity index (χ1n) is 5.55. The number of nitrogens with one attached hydrogen (secondary N) is 1. The lowest BCUT2D eigenvalue weighted by Crippen LogP contribution is -2.14. The van der Waals surface area contributed by atoms with Crippen LogP contribution in [0.25, 0.3) is 0 Å². The van der Waals surface area contributed by atoms with E-state index in [1.54, 1.807) is 12.4 Å². The van der Waals surface area contributed by atoms with E-state index in [1.165, 1.54) is 12.8 Å². The third kappa shape index (κ3) is 3.83. The zero-order valence-corrected chi connectivity index (χ0v) is 9.53. The van der Waals surface area contributed by atoms with Crippen LogP contribution in [0.5, 0.6) is 0 Å². The van der Waals surface area contributed by atoms with Crippen molar-refractivity contribution in [3.05, 3.63) is 18.1 Å². The van der Waals surface area contributed by atoms with Crippen LogP contribution in [0.1, 0.15) is 32.4 Å². The zero-order chi connectivity index (χ0) is 11.1. The van der Waals surface area contributed by atoms with E-state index in [1.807, 2.05) is 0 Å². The van der Waals surface area contributed by atoms with Gasteiger partial charge in [-0.15, -0.1) is 0 Å². The van der Waals surface area contributed by atoms with E-state index in [9.17, 15) is 0 Å². The molecule has 0 saturated carbocycles. The summed E-state index contributed by atoms with van der Waals surface area (Å²) < 4.78 is 0. The molecule has 0 radical (unpaired) electrons. The molecule has 1 heterocycles. The third-order valence-electron chi connectivity index (χ3n) is 2.62. The summed E-state index contributed by atoms with van der Waals surface area (Å²) in [7, 11) is 0. The molecular weight excluding hydrogens is 188 g/mol. The number of aromatic nitrogens is 2. The van der Waals surface area contributed by atoms with Crippen LogP contribution >= 0.6 is 0 Å². The Labute approximate surface area is 91.3 Å². The van der Waals surface area contributed by atoms with Crippen molar-refractivity contribution < 1.29 is 0 Å². The highest BCUT2D eigenvalue weighted by molar-refractivity contribution is 5.31. The normalized spacial score (nSPS) is 10.7. The van der Waals surface area contributed by atoms with Gasteiger partial charge in [-0.05, 0) is 5.92 Å². The van der Waals surface area contributed by atoms with Gasteiger partial charge in [0.25, 0.3) is 0 Å². The number of rotatable bonds is 6. The van der Waals surface area contributed by atoms with Gasteiger partial charge in [0.2, 0.25) is 0 Å². The molecule has 1 aromatic rings. The molecule has 1 rings (SSSR count). The number of nitrogens with two attached hydrogens (primary N) is 1. The SMILES string of the molecule is CCC(CC)CNc1cncc(CN)n1. The maximum Gasteiger partial charge on any atom is 0.144 e. The van der Waals surface area contributed by atoms with Crippen LogP contribution in [0, 0.1) is 5.92 Å². The Hall–Kier alpha value is -1.16. The lowest BCUT2D eigenvalue weighted by molar-refractivity contribution is 0.518. The molecule has 0 aromatic carbocycles. The number of nitrogens with zero attached hydrogens (tertiary/aromatic N) is 2. The fraction of sp³-hybridized carbons (Fsp3) is 0.636. The van der Waals surface area contributed by atoms with Crippen LogP contribution < -0.4 is 11.1 Å². The maximum atomic E-state index is 5.50. The summed E-state index contributed by atoms with van der Waals surface area (Å²) in [6.45, 7) is 5.80. The second-order valence-electron chi connectivity index (χ2n) is 3.66. The van der Waals surface area contributed by atoms with Gasteiger partial charge in [-0.2, -0.15) is 0 Å². The van der Waals surface area contributed by atoms with Gasteiger partial charge in [0.05, 0.1) is 11.9 Å². The number of anilines is 1. The van der Waals surface area contributed by atoms with Gasteiger partial charge in [-0.3, -0.25) is 4.98 Å². The van der Waals surface area contributed by atoms with Gasteiger partial charge in [0.15, 0.2) is 0 Å². The van der Waals surface area contributed by atoms with E-state index in [0.717, 1.165) is 18.1 Å². The highest BCUT2D eigenvalue weighted by Crippen LogP contribution is 2.09. The van der Waals surface area contributed by atoms with Gasteiger partial charge in [0.1, 0.15) is 5.82 Å². The molecule has 3 N–H and O–H groups in total. The van der Waals surface area contributed by atoms with Crippen LogP contribution in [-0.4, -0.2) is 16.5 Å². The van der Waals surface area contributed by atoms with Crippen molar-refractivity contribution in [3.8, 4) is 0 Å². The van der Waals surface area contributed by atoms with Crippen molar-refractivity contribution in [2.45, 2.75) is 33.2 Å². The lowest BCUT2D eigenvalue weighted by atomic mass is 10.0. The predicted molar refractivity (Wildman–Crippen MR) is 62.5 cm³/mol. The smallest absolute Gasteiger partial charge is 0.144 e. The third-order valence-corrected chi connectivity index (χ3v) is 2.62. The highest BCUT2D eigenvalue weighted by atomic mass is 15.0. The molecule has 0 fully saturated rings. The van der Waals surface area contributed by atoms with Crippen molar-refractivity contribution in [3.63, 3.8) is 0 Å². The Balaban J connectivity index is 2.49. The molecule has 0 amide bonds. The average Bonchev–Trinajstić information content (AvgIpc) is 2.31. The molecule has 4 nitrogen and oxygen atoms in total. The molecule has 4 heteroatoms. The fourth-order valence-corrected chi connectivity index (χ4v) is 1.42. The van der Waals surface area contributed by atoms with Crippen LogP contribution in [0.15, 0.2) is 12.4 Å². The Morgan fingerprint density at radius 3 is 2.67 bits per heavy atom. The van der Waals surface area contributed by atoms with E-state index < -0.39 is 0 Å². The fourth-order valence-electron chi connectivity index (χ4n) is 1.42. The topological polar surface area (TPSA) is 63.8 Å². The molecule has 1 aromatic heterocycles. The van der Waals surface area contributed by atoms with Crippen molar-refractivity contribution in [1.82, 2.24) is 9.97 Å². The predicted octanol–water partition coefficient (Wildman–Crippen LogP) is 1.78. The molecule has 0 saturated heterocycles. The first-order chi connectivity index (χ1) is 7.30. The molecule has 0 aliphatic heterocycles. The summed E-state index contributed by atoms with van der Waals surface area (Å²) in [5.74, 6) is 1.53. The summed E-state index contributed by atoms with van der Waals surface area (Å²) in [5, 5.41) is 3.29. The van der Waals surface area contributed by atoms with E-state index in [-0.39, 0.29) is 0 Å². The van der Waals surface area contributed by atoms with Crippen LogP contribution in [-0.2, 0) is 6.54 Å². The summed E-state index contributed by atoms with van der Waals surface area (Å²) in [6.07, 6.45) is 5.81. The standard InChI is InChI=1S/C11H20N4/c1-3-9(4-2)6-14-11-8-13-7-10(5-12)15-11/h7-9H,3-6,12H2,1-2H3,(H,14,15). The van der Waals surface area contributed by atoms with Gasteiger partial charge in [0, 0.05) is 19.3 Å². The first-order valence-corrected chi connectivity index (χ1v) is 5.55. The van der Waals surface area contributed by atoms with Gasteiger partial charge >= 0.3 is 0 Å². The van der Waals surface area contributed by atoms with Crippen LogP contribution in [0.2, 0.25) is 0 Å². The summed E-state index contributed by atoms with van der Waals surface area (Å²) in [4.78, 5) is 8.41. The Morgan fingerprint density at radius 2 is 2.07 bits per heavy atom. The Kier molecular flexibility index (Phi) is 5.04. The van der Waals surface area contributed by atoms with Crippen molar-refractivity contribution >= 4 is 5.82 Å². The minimum atomic E-state index is 0.438. The second kappa shape index (κ2) is 6.35. The molecule has 0 unspecified atom stereocenters. The second-order valence-corrected chi connectivity index (χ2v) is 3.66. The lowest BCUT2D eigenvalue weighted by Gasteiger charge is -2.13. The molecular formula is C11H20N4. The van der Waals surface area contributed by atoms with Crippen molar-refractivity contribution in [1.29, 1.82) is 0 Å². The molecule has 15 heavy (non-hydrogen) atoms. The Morgan fingerprint density at radius 1 is 1.33 bits per heavy atom. The number of hydrogen-bond acceptors (Lipinski definition) is 4. The molecule has 84 valence electrons. The Bertz CT molecular complexity index is 284. The quantitative estimate of drug-likeness (QED) is 0.748. The molecule has 0 aliphatic carbocycles.